The van der Waals surface area contributed by atoms with E-state index in [0.29, 0.717) is 29.5 Å². The van der Waals surface area contributed by atoms with E-state index in [4.69, 9.17) is 9.97 Å². The maximum absolute atomic E-state index is 12.7. The Morgan fingerprint density at radius 3 is 2.75 bits per heavy atom. The van der Waals surface area contributed by atoms with Crippen molar-refractivity contribution in [1.82, 2.24) is 30.1 Å². The minimum absolute atomic E-state index is 0.0494. The van der Waals surface area contributed by atoms with E-state index in [0.717, 1.165) is 51.7 Å². The number of rotatable bonds is 6. The number of H-pyrrole nitrogens is 2. The average Bonchev–Trinajstić information content (AvgIpc) is 3.71. The van der Waals surface area contributed by atoms with Gasteiger partial charge < -0.3 is 10.3 Å². The number of aromatic nitrogens is 6. The molecule has 7 rings (SSSR count). The van der Waals surface area contributed by atoms with E-state index in [9.17, 15) is 4.79 Å². The first-order valence-electron chi connectivity index (χ1n) is 13.8. The van der Waals surface area contributed by atoms with Crippen LogP contribution in [0.1, 0.15) is 43.4 Å². The third-order valence-corrected chi connectivity index (χ3v) is 8.70. The summed E-state index contributed by atoms with van der Waals surface area (Å²) in [6.45, 7) is 2.11. The summed E-state index contributed by atoms with van der Waals surface area (Å²) < 4.78 is 0. The summed E-state index contributed by atoms with van der Waals surface area (Å²) >= 11 is 1.76. The minimum atomic E-state index is 0.0494. The first-order valence-corrected chi connectivity index (χ1v) is 14.6. The number of fused-ring (bicyclic) bond motifs is 2. The fraction of sp³-hybridized carbons (Fsp3) is 0.258. The van der Waals surface area contributed by atoms with Gasteiger partial charge in [0.05, 0.1) is 34.1 Å². The van der Waals surface area contributed by atoms with Crippen molar-refractivity contribution in [2.45, 2.75) is 45.4 Å². The monoisotopic (exact) mass is 547 g/mol. The standard InChI is InChI=1S/C31H29N7OS/c1-18-10-13-26(40-18)22-8-5-9-24-28(22)36-31(35-24)30-29-25(37-38-30)12-11-23(34-29)20-15-21(17-32-16-20)33-27(39)14-19-6-3-2-4-7-19/h5,8-13,15-17,19H,2-4,6-7,14H2,1H3,(H,33,39)(H,35,36)(H,37,38). The Kier molecular flexibility index (Phi) is 6.36. The predicted octanol–water partition coefficient (Wildman–Crippen LogP) is 7.51. The van der Waals surface area contributed by atoms with Crippen molar-refractivity contribution in [2.24, 2.45) is 5.92 Å². The van der Waals surface area contributed by atoms with E-state index in [1.54, 1.807) is 23.7 Å². The zero-order valence-corrected chi connectivity index (χ0v) is 23.0. The molecule has 1 fully saturated rings. The summed E-state index contributed by atoms with van der Waals surface area (Å²) in [5, 5.41) is 10.7. The first-order chi connectivity index (χ1) is 19.6. The Hall–Kier alpha value is -4.37. The number of imidazole rings is 1. The molecule has 8 nitrogen and oxygen atoms in total. The van der Waals surface area contributed by atoms with Crippen LogP contribution in [0.2, 0.25) is 0 Å². The molecule has 5 heterocycles. The normalized spacial score (nSPS) is 14.2. The van der Waals surface area contributed by atoms with Gasteiger partial charge in [-0.1, -0.05) is 31.4 Å². The van der Waals surface area contributed by atoms with Crippen LogP contribution in [0.3, 0.4) is 0 Å². The van der Waals surface area contributed by atoms with Crippen molar-refractivity contribution in [1.29, 1.82) is 0 Å². The molecule has 0 spiro atoms. The molecule has 0 aliphatic heterocycles. The van der Waals surface area contributed by atoms with Crippen LogP contribution in [0.5, 0.6) is 0 Å². The van der Waals surface area contributed by atoms with Gasteiger partial charge in [0, 0.05) is 33.5 Å². The number of para-hydroxylation sites is 1. The van der Waals surface area contributed by atoms with Gasteiger partial charge in [-0.3, -0.25) is 14.9 Å². The number of pyridine rings is 2. The molecule has 0 bridgehead atoms. The van der Waals surface area contributed by atoms with Crippen LogP contribution in [-0.4, -0.2) is 36.0 Å². The zero-order chi connectivity index (χ0) is 27.1. The van der Waals surface area contributed by atoms with Crippen molar-refractivity contribution in [2.75, 3.05) is 5.32 Å². The molecule has 6 aromatic rings. The molecule has 1 aliphatic carbocycles. The Morgan fingerprint density at radius 1 is 1.00 bits per heavy atom. The van der Waals surface area contributed by atoms with Crippen molar-refractivity contribution >= 4 is 45.0 Å². The van der Waals surface area contributed by atoms with Gasteiger partial charge in [-0.2, -0.15) is 5.10 Å². The summed E-state index contributed by atoms with van der Waals surface area (Å²) in [6, 6.07) is 16.3. The molecule has 0 unspecified atom stereocenters. The van der Waals surface area contributed by atoms with Crippen molar-refractivity contribution in [3.63, 3.8) is 0 Å². The zero-order valence-electron chi connectivity index (χ0n) is 22.2. The minimum Gasteiger partial charge on any atom is -0.336 e. The summed E-state index contributed by atoms with van der Waals surface area (Å²) in [6.07, 6.45) is 10.0. The van der Waals surface area contributed by atoms with Gasteiger partial charge in [0.15, 0.2) is 11.5 Å². The van der Waals surface area contributed by atoms with E-state index in [1.807, 2.05) is 30.3 Å². The molecule has 1 saturated carbocycles. The SMILES string of the molecule is Cc1ccc(-c2cccc3[nH]c(-c4n[nH]c5ccc(-c6cncc(NC(=O)CC7CCCCC7)c6)nc45)nc23)s1. The quantitative estimate of drug-likeness (QED) is 0.200. The summed E-state index contributed by atoms with van der Waals surface area (Å²) in [4.78, 5) is 32.9. The highest BCUT2D eigenvalue weighted by Gasteiger charge is 2.19. The van der Waals surface area contributed by atoms with Crippen LogP contribution < -0.4 is 5.32 Å². The number of hydrogen-bond donors (Lipinski definition) is 3. The van der Waals surface area contributed by atoms with Crippen LogP contribution in [0.15, 0.2) is 60.9 Å². The average molecular weight is 548 g/mol. The molecular weight excluding hydrogens is 518 g/mol. The second kappa shape index (κ2) is 10.3. The number of thiophene rings is 1. The van der Waals surface area contributed by atoms with Crippen LogP contribution in [0.25, 0.3) is 55.3 Å². The third kappa shape index (κ3) is 4.77. The lowest BCUT2D eigenvalue weighted by molar-refractivity contribution is -0.117. The lowest BCUT2D eigenvalue weighted by Gasteiger charge is -2.20. The van der Waals surface area contributed by atoms with Crippen molar-refractivity contribution in [3.05, 3.63) is 65.8 Å². The number of carbonyl (C=O) groups is 1. The molecule has 9 heteroatoms. The highest BCUT2D eigenvalue weighted by Crippen LogP contribution is 2.35. The lowest BCUT2D eigenvalue weighted by Crippen LogP contribution is -2.18. The predicted molar refractivity (Wildman–Crippen MR) is 160 cm³/mol. The van der Waals surface area contributed by atoms with E-state index in [-0.39, 0.29) is 5.91 Å². The molecule has 1 aromatic carbocycles. The summed E-state index contributed by atoms with van der Waals surface area (Å²) in [7, 11) is 0. The lowest BCUT2D eigenvalue weighted by atomic mass is 9.87. The van der Waals surface area contributed by atoms with Gasteiger partial charge in [-0.25, -0.2) is 9.97 Å². The number of nitrogens with one attached hydrogen (secondary N) is 3. The van der Waals surface area contributed by atoms with Gasteiger partial charge >= 0.3 is 0 Å². The molecule has 3 N–H and O–H groups in total. The second-order valence-corrected chi connectivity index (χ2v) is 11.9. The van der Waals surface area contributed by atoms with Crippen LogP contribution in [0, 0.1) is 12.8 Å². The molecular formula is C31H29N7OS. The summed E-state index contributed by atoms with van der Waals surface area (Å²) in [5.74, 6) is 1.19. The largest absolute Gasteiger partial charge is 0.336 e. The number of benzene rings is 1. The number of amides is 1. The topological polar surface area (TPSA) is 112 Å². The molecule has 0 saturated heterocycles. The Bertz CT molecular complexity index is 1840. The van der Waals surface area contributed by atoms with Gasteiger partial charge in [0.1, 0.15) is 5.52 Å². The van der Waals surface area contributed by atoms with Gasteiger partial charge in [-0.15, -0.1) is 11.3 Å². The van der Waals surface area contributed by atoms with Gasteiger partial charge in [0.25, 0.3) is 0 Å². The maximum Gasteiger partial charge on any atom is 0.224 e. The van der Waals surface area contributed by atoms with Gasteiger partial charge in [-0.05, 0) is 62.1 Å². The maximum atomic E-state index is 12.7. The second-order valence-electron chi connectivity index (χ2n) is 10.6. The van der Waals surface area contributed by atoms with E-state index >= 15 is 0 Å². The van der Waals surface area contributed by atoms with Crippen LogP contribution >= 0.6 is 11.3 Å². The molecule has 5 aromatic heterocycles. The molecule has 1 amide bonds. The number of aryl methyl sites for hydroxylation is 1. The molecule has 200 valence electrons. The number of hydrogen-bond acceptors (Lipinski definition) is 6. The number of carbonyl (C=O) groups excluding carboxylic acids is 1. The third-order valence-electron chi connectivity index (χ3n) is 7.67. The van der Waals surface area contributed by atoms with E-state index in [1.165, 1.54) is 29.0 Å². The Balaban J connectivity index is 1.19. The van der Waals surface area contributed by atoms with Gasteiger partial charge in [0.2, 0.25) is 5.91 Å². The molecule has 1 aliphatic rings. The molecule has 40 heavy (non-hydrogen) atoms. The number of nitrogens with zero attached hydrogens (tertiary/aromatic N) is 4. The van der Waals surface area contributed by atoms with Crippen LogP contribution in [0.4, 0.5) is 5.69 Å². The smallest absolute Gasteiger partial charge is 0.224 e. The first kappa shape index (κ1) is 24.7. The number of anilines is 1. The van der Waals surface area contributed by atoms with E-state index in [2.05, 4.69) is 50.6 Å². The highest BCUT2D eigenvalue weighted by atomic mass is 32.1. The Labute approximate surface area is 235 Å². The highest BCUT2D eigenvalue weighted by molar-refractivity contribution is 7.15. The fourth-order valence-electron chi connectivity index (χ4n) is 5.66. The van der Waals surface area contributed by atoms with E-state index < -0.39 is 0 Å². The Morgan fingerprint density at radius 2 is 1.90 bits per heavy atom. The van der Waals surface area contributed by atoms with Crippen LogP contribution in [-0.2, 0) is 4.79 Å². The number of aromatic amines is 2. The van der Waals surface area contributed by atoms with Crippen molar-refractivity contribution in [3.8, 4) is 33.2 Å². The fourth-order valence-corrected chi connectivity index (χ4v) is 6.55. The van der Waals surface area contributed by atoms with Crippen molar-refractivity contribution < 1.29 is 4.79 Å². The summed E-state index contributed by atoms with van der Waals surface area (Å²) in [5.41, 5.74) is 7.41. The molecule has 0 radical (unpaired) electrons. The molecule has 0 atom stereocenters.